The summed E-state index contributed by atoms with van der Waals surface area (Å²) < 4.78 is 0. The average molecular weight is 265 g/mol. The van der Waals surface area contributed by atoms with Gasteiger partial charge in [0.15, 0.2) is 5.13 Å². The van der Waals surface area contributed by atoms with Crippen molar-refractivity contribution in [3.63, 3.8) is 0 Å². The average Bonchev–Trinajstić information content (AvgIpc) is 2.68. The Bertz CT molecular complexity index is 573. The van der Waals surface area contributed by atoms with Crippen LogP contribution in [0.2, 0.25) is 5.02 Å². The number of hydrogen-bond donors (Lipinski definition) is 1. The van der Waals surface area contributed by atoms with Crippen molar-refractivity contribution in [1.29, 1.82) is 0 Å². The molecule has 0 aliphatic rings. The monoisotopic (exact) mass is 264 g/mol. The first-order chi connectivity index (χ1) is 8.06. The molecule has 0 saturated carbocycles. The maximum atomic E-state index is 6.18. The standard InChI is InChI=1S/C13H13ClN2S/c1-8-5-10(12(14)6-9(8)2)3-4-11-7-17-13(15)16-11/h3-7H,1-2H3,(H2,15,16)/b4-3+. The van der Waals surface area contributed by atoms with Crippen LogP contribution in [-0.4, -0.2) is 4.98 Å². The Hall–Kier alpha value is -1.32. The molecule has 2 rings (SSSR count). The van der Waals surface area contributed by atoms with Gasteiger partial charge in [-0.1, -0.05) is 23.7 Å². The number of nitrogen functional groups attached to an aromatic ring is 1. The summed E-state index contributed by atoms with van der Waals surface area (Å²) in [5.74, 6) is 0. The molecule has 0 fully saturated rings. The van der Waals surface area contributed by atoms with Gasteiger partial charge in [0.05, 0.1) is 5.69 Å². The lowest BCUT2D eigenvalue weighted by molar-refractivity contribution is 1.33. The Morgan fingerprint density at radius 2 is 1.94 bits per heavy atom. The van der Waals surface area contributed by atoms with E-state index in [1.807, 2.05) is 23.6 Å². The third-order valence-corrected chi connectivity index (χ3v) is 3.61. The van der Waals surface area contributed by atoms with Crippen LogP contribution in [0.5, 0.6) is 0 Å². The molecule has 2 nitrogen and oxygen atoms in total. The Labute approximate surface area is 110 Å². The molecule has 1 aromatic heterocycles. The van der Waals surface area contributed by atoms with E-state index in [2.05, 4.69) is 24.9 Å². The minimum Gasteiger partial charge on any atom is -0.375 e. The van der Waals surface area contributed by atoms with Gasteiger partial charge in [-0.15, -0.1) is 11.3 Å². The zero-order valence-corrected chi connectivity index (χ0v) is 11.3. The van der Waals surface area contributed by atoms with Crippen molar-refractivity contribution in [2.45, 2.75) is 13.8 Å². The highest BCUT2D eigenvalue weighted by Crippen LogP contribution is 2.23. The number of benzene rings is 1. The van der Waals surface area contributed by atoms with Gasteiger partial charge in [0.25, 0.3) is 0 Å². The minimum absolute atomic E-state index is 0.579. The van der Waals surface area contributed by atoms with Crippen molar-refractivity contribution >= 4 is 40.2 Å². The third kappa shape index (κ3) is 2.87. The van der Waals surface area contributed by atoms with Crippen molar-refractivity contribution in [1.82, 2.24) is 4.98 Å². The Morgan fingerprint density at radius 3 is 2.59 bits per heavy atom. The van der Waals surface area contributed by atoms with Crippen LogP contribution in [0.1, 0.15) is 22.4 Å². The van der Waals surface area contributed by atoms with Crippen molar-refractivity contribution in [3.8, 4) is 0 Å². The van der Waals surface area contributed by atoms with E-state index in [9.17, 15) is 0 Å². The number of halogens is 1. The molecule has 4 heteroatoms. The van der Waals surface area contributed by atoms with E-state index in [0.717, 1.165) is 16.3 Å². The lowest BCUT2D eigenvalue weighted by Gasteiger charge is -2.04. The van der Waals surface area contributed by atoms with Gasteiger partial charge >= 0.3 is 0 Å². The molecule has 0 unspecified atom stereocenters. The van der Waals surface area contributed by atoms with E-state index >= 15 is 0 Å². The molecule has 0 bridgehead atoms. The Balaban J connectivity index is 2.30. The number of hydrogen-bond acceptors (Lipinski definition) is 3. The van der Waals surface area contributed by atoms with E-state index in [1.165, 1.54) is 22.5 Å². The number of nitrogens with zero attached hydrogens (tertiary/aromatic N) is 1. The first-order valence-corrected chi connectivity index (χ1v) is 6.48. The SMILES string of the molecule is Cc1cc(Cl)c(/C=C/c2csc(N)n2)cc1C. The number of aryl methyl sites for hydroxylation is 2. The highest BCUT2D eigenvalue weighted by Gasteiger charge is 2.01. The highest BCUT2D eigenvalue weighted by molar-refractivity contribution is 7.13. The van der Waals surface area contributed by atoms with Crippen LogP contribution in [0.3, 0.4) is 0 Å². The van der Waals surface area contributed by atoms with E-state index in [1.54, 1.807) is 0 Å². The van der Waals surface area contributed by atoms with Crippen LogP contribution in [0, 0.1) is 13.8 Å². The molecular weight excluding hydrogens is 252 g/mol. The largest absolute Gasteiger partial charge is 0.375 e. The normalized spacial score (nSPS) is 11.2. The van der Waals surface area contributed by atoms with Crippen LogP contribution >= 0.6 is 22.9 Å². The topological polar surface area (TPSA) is 38.9 Å². The second-order valence-electron chi connectivity index (χ2n) is 3.90. The number of nitrogens with two attached hydrogens (primary N) is 1. The summed E-state index contributed by atoms with van der Waals surface area (Å²) in [7, 11) is 0. The van der Waals surface area contributed by atoms with Gasteiger partial charge in [-0.3, -0.25) is 0 Å². The molecule has 2 aromatic rings. The van der Waals surface area contributed by atoms with Crippen LogP contribution in [-0.2, 0) is 0 Å². The maximum absolute atomic E-state index is 6.18. The second kappa shape index (κ2) is 4.90. The molecule has 0 saturated heterocycles. The molecule has 0 amide bonds. The van der Waals surface area contributed by atoms with E-state index in [0.29, 0.717) is 5.13 Å². The molecule has 17 heavy (non-hydrogen) atoms. The smallest absolute Gasteiger partial charge is 0.180 e. The molecule has 0 atom stereocenters. The molecule has 0 aliphatic carbocycles. The fourth-order valence-electron chi connectivity index (χ4n) is 1.48. The molecule has 88 valence electrons. The fraction of sp³-hybridized carbons (Fsp3) is 0.154. The van der Waals surface area contributed by atoms with Crippen LogP contribution in [0.4, 0.5) is 5.13 Å². The predicted molar refractivity (Wildman–Crippen MR) is 76.4 cm³/mol. The quantitative estimate of drug-likeness (QED) is 0.884. The molecule has 2 N–H and O–H groups in total. The van der Waals surface area contributed by atoms with E-state index in [-0.39, 0.29) is 0 Å². The number of thiazole rings is 1. The van der Waals surface area contributed by atoms with Gasteiger partial charge in [-0.05, 0) is 42.7 Å². The van der Waals surface area contributed by atoms with Crippen molar-refractivity contribution in [3.05, 3.63) is 44.9 Å². The lowest BCUT2D eigenvalue weighted by Crippen LogP contribution is -1.84. The van der Waals surface area contributed by atoms with Crippen molar-refractivity contribution in [2.75, 3.05) is 5.73 Å². The Kier molecular flexibility index (Phi) is 3.50. The number of anilines is 1. The number of rotatable bonds is 2. The fourth-order valence-corrected chi connectivity index (χ4v) is 2.30. The zero-order valence-electron chi connectivity index (χ0n) is 9.70. The summed E-state index contributed by atoms with van der Waals surface area (Å²) in [5, 5.41) is 3.25. The Morgan fingerprint density at radius 1 is 1.24 bits per heavy atom. The summed E-state index contributed by atoms with van der Waals surface area (Å²) in [6, 6.07) is 4.05. The zero-order chi connectivity index (χ0) is 12.4. The first kappa shape index (κ1) is 12.1. The number of aromatic nitrogens is 1. The van der Waals surface area contributed by atoms with Crippen LogP contribution in [0.25, 0.3) is 12.2 Å². The van der Waals surface area contributed by atoms with Crippen LogP contribution < -0.4 is 5.73 Å². The van der Waals surface area contributed by atoms with Gasteiger partial charge in [0.1, 0.15) is 0 Å². The summed E-state index contributed by atoms with van der Waals surface area (Å²) in [6.07, 6.45) is 3.88. The molecule has 0 spiro atoms. The van der Waals surface area contributed by atoms with E-state index < -0.39 is 0 Å². The molecule has 0 radical (unpaired) electrons. The van der Waals surface area contributed by atoms with Crippen molar-refractivity contribution in [2.24, 2.45) is 0 Å². The summed E-state index contributed by atoms with van der Waals surface area (Å²) in [5.41, 5.74) is 9.86. The second-order valence-corrected chi connectivity index (χ2v) is 5.20. The molecule has 0 aliphatic heterocycles. The van der Waals surface area contributed by atoms with Gasteiger partial charge in [0, 0.05) is 10.4 Å². The molecular formula is C13H13ClN2S. The van der Waals surface area contributed by atoms with Crippen LogP contribution in [0.15, 0.2) is 17.5 Å². The van der Waals surface area contributed by atoms with Gasteiger partial charge in [-0.2, -0.15) is 0 Å². The molecule has 1 heterocycles. The van der Waals surface area contributed by atoms with Gasteiger partial charge in [0.2, 0.25) is 0 Å². The first-order valence-electron chi connectivity index (χ1n) is 5.22. The summed E-state index contributed by atoms with van der Waals surface area (Å²) >= 11 is 7.61. The molecule has 1 aromatic carbocycles. The minimum atomic E-state index is 0.579. The summed E-state index contributed by atoms with van der Waals surface area (Å²) in [6.45, 7) is 4.12. The van der Waals surface area contributed by atoms with Gasteiger partial charge in [-0.25, -0.2) is 4.98 Å². The van der Waals surface area contributed by atoms with Crippen molar-refractivity contribution < 1.29 is 0 Å². The van der Waals surface area contributed by atoms with E-state index in [4.69, 9.17) is 17.3 Å². The third-order valence-electron chi connectivity index (χ3n) is 2.59. The summed E-state index contributed by atoms with van der Waals surface area (Å²) in [4.78, 5) is 4.16. The lowest BCUT2D eigenvalue weighted by atomic mass is 10.1. The predicted octanol–water partition coefficient (Wildman–Crippen LogP) is 4.17. The van der Waals surface area contributed by atoms with Gasteiger partial charge < -0.3 is 5.73 Å². The highest BCUT2D eigenvalue weighted by atomic mass is 35.5. The maximum Gasteiger partial charge on any atom is 0.180 e.